The highest BCUT2D eigenvalue weighted by atomic mass is 16.5. The largest absolute Gasteiger partial charge is 0.497 e. The van der Waals surface area contributed by atoms with E-state index in [1.807, 2.05) is 42.5 Å². The molecule has 1 heterocycles. The van der Waals surface area contributed by atoms with Crippen LogP contribution in [0.2, 0.25) is 0 Å². The van der Waals surface area contributed by atoms with Crippen LogP contribution in [0.3, 0.4) is 0 Å². The molecule has 0 saturated carbocycles. The van der Waals surface area contributed by atoms with Crippen LogP contribution in [-0.4, -0.2) is 38.0 Å². The van der Waals surface area contributed by atoms with Gasteiger partial charge in [-0.1, -0.05) is 24.3 Å². The topological polar surface area (TPSA) is 54.7 Å². The maximum absolute atomic E-state index is 5.54. The lowest BCUT2D eigenvalue weighted by Gasteiger charge is -2.15. The summed E-state index contributed by atoms with van der Waals surface area (Å²) in [6.45, 7) is 0.663. The van der Waals surface area contributed by atoms with Crippen LogP contribution in [0.5, 0.6) is 23.0 Å². The Morgan fingerprint density at radius 1 is 0.767 bits per heavy atom. The van der Waals surface area contributed by atoms with Crippen molar-refractivity contribution in [3.8, 4) is 34.4 Å². The molecule has 0 radical (unpaired) electrons. The number of ether oxygens (including phenoxy) is 4. The van der Waals surface area contributed by atoms with Gasteiger partial charge in [-0.05, 0) is 42.0 Å². The van der Waals surface area contributed by atoms with Gasteiger partial charge in [0.05, 0.1) is 39.5 Å². The predicted molar refractivity (Wildman–Crippen MR) is 117 cm³/mol. The highest BCUT2D eigenvalue weighted by Gasteiger charge is 2.19. The van der Waals surface area contributed by atoms with E-state index in [0.717, 1.165) is 33.7 Å². The van der Waals surface area contributed by atoms with Crippen molar-refractivity contribution < 1.29 is 18.9 Å². The number of fused-ring (bicyclic) bond motifs is 1. The van der Waals surface area contributed by atoms with Crippen LogP contribution < -0.4 is 18.9 Å². The number of aromatic nitrogens is 2. The van der Waals surface area contributed by atoms with Gasteiger partial charge in [0.1, 0.15) is 11.6 Å². The highest BCUT2D eigenvalue weighted by Crippen LogP contribution is 2.41. The van der Waals surface area contributed by atoms with Gasteiger partial charge in [-0.25, -0.2) is 4.98 Å². The molecule has 6 heteroatoms. The van der Waals surface area contributed by atoms with E-state index in [0.29, 0.717) is 23.8 Å². The maximum atomic E-state index is 5.54. The van der Waals surface area contributed by atoms with Crippen LogP contribution in [0.1, 0.15) is 5.56 Å². The van der Waals surface area contributed by atoms with E-state index in [2.05, 4.69) is 22.8 Å². The Morgan fingerprint density at radius 3 is 2.03 bits per heavy atom. The summed E-state index contributed by atoms with van der Waals surface area (Å²) in [5.41, 5.74) is 4.01. The third-order valence-corrected chi connectivity index (χ3v) is 5.08. The van der Waals surface area contributed by atoms with E-state index < -0.39 is 0 Å². The van der Waals surface area contributed by atoms with Crippen molar-refractivity contribution >= 4 is 11.0 Å². The summed E-state index contributed by atoms with van der Waals surface area (Å²) in [5, 5.41) is 0. The second kappa shape index (κ2) is 8.37. The normalized spacial score (nSPS) is 10.8. The monoisotopic (exact) mass is 404 g/mol. The summed E-state index contributed by atoms with van der Waals surface area (Å²) in [6.07, 6.45) is 0. The van der Waals surface area contributed by atoms with Gasteiger partial charge in [-0.3, -0.25) is 0 Å². The number of para-hydroxylation sites is 2. The summed E-state index contributed by atoms with van der Waals surface area (Å²) in [5.74, 6) is 3.40. The van der Waals surface area contributed by atoms with Crippen molar-refractivity contribution in [1.29, 1.82) is 0 Å². The molecule has 0 saturated heterocycles. The number of methoxy groups -OCH3 is 4. The minimum absolute atomic E-state index is 0.557. The molecule has 0 aliphatic carbocycles. The SMILES string of the molecule is COc1ccc(Cn2c(-c3cc(OC)c(OC)c(OC)c3)nc3ccccc32)cc1. The zero-order chi connectivity index (χ0) is 21.1. The Bertz CT molecular complexity index is 1140. The van der Waals surface area contributed by atoms with Crippen LogP contribution in [0, 0.1) is 0 Å². The van der Waals surface area contributed by atoms with Crippen LogP contribution in [0.4, 0.5) is 0 Å². The first kappa shape index (κ1) is 19.6. The molecule has 0 aliphatic rings. The number of nitrogens with zero attached hydrogens (tertiary/aromatic N) is 2. The first-order valence-electron chi connectivity index (χ1n) is 9.57. The minimum Gasteiger partial charge on any atom is -0.497 e. The van der Waals surface area contributed by atoms with Gasteiger partial charge in [0, 0.05) is 12.1 Å². The molecule has 6 nitrogen and oxygen atoms in total. The van der Waals surface area contributed by atoms with Crippen LogP contribution in [0.25, 0.3) is 22.4 Å². The average molecular weight is 404 g/mol. The van der Waals surface area contributed by atoms with E-state index in [4.69, 9.17) is 23.9 Å². The molecule has 30 heavy (non-hydrogen) atoms. The number of hydrogen-bond donors (Lipinski definition) is 0. The molecule has 0 atom stereocenters. The second-order valence-electron chi connectivity index (χ2n) is 6.77. The molecule has 0 fully saturated rings. The van der Waals surface area contributed by atoms with Gasteiger partial charge >= 0.3 is 0 Å². The molecule has 0 aliphatic heterocycles. The van der Waals surface area contributed by atoms with Gasteiger partial charge in [0.2, 0.25) is 5.75 Å². The smallest absolute Gasteiger partial charge is 0.203 e. The maximum Gasteiger partial charge on any atom is 0.203 e. The summed E-state index contributed by atoms with van der Waals surface area (Å²) in [7, 11) is 6.49. The Morgan fingerprint density at radius 2 is 1.43 bits per heavy atom. The fourth-order valence-corrected chi connectivity index (χ4v) is 3.58. The average Bonchev–Trinajstić information content (AvgIpc) is 3.16. The zero-order valence-corrected chi connectivity index (χ0v) is 17.5. The van der Waals surface area contributed by atoms with Crippen molar-refractivity contribution in [2.75, 3.05) is 28.4 Å². The molecule has 4 rings (SSSR count). The number of rotatable bonds is 7. The van der Waals surface area contributed by atoms with Crippen LogP contribution in [-0.2, 0) is 6.54 Å². The van der Waals surface area contributed by atoms with Gasteiger partial charge in [0.15, 0.2) is 11.5 Å². The molecule has 1 aromatic heterocycles. The zero-order valence-electron chi connectivity index (χ0n) is 17.5. The van der Waals surface area contributed by atoms with E-state index >= 15 is 0 Å². The van der Waals surface area contributed by atoms with Crippen molar-refractivity contribution in [2.24, 2.45) is 0 Å². The van der Waals surface area contributed by atoms with Gasteiger partial charge in [-0.15, -0.1) is 0 Å². The summed E-state index contributed by atoms with van der Waals surface area (Å²) >= 11 is 0. The number of imidazole rings is 1. The Kier molecular flexibility index (Phi) is 5.48. The molecular formula is C24H24N2O4. The molecular weight excluding hydrogens is 380 g/mol. The van der Waals surface area contributed by atoms with Crippen molar-refractivity contribution in [3.05, 3.63) is 66.2 Å². The van der Waals surface area contributed by atoms with E-state index in [-0.39, 0.29) is 0 Å². The third-order valence-electron chi connectivity index (χ3n) is 5.08. The lowest BCUT2D eigenvalue weighted by Crippen LogP contribution is -2.03. The molecule has 0 spiro atoms. The van der Waals surface area contributed by atoms with Crippen LogP contribution >= 0.6 is 0 Å². The lowest BCUT2D eigenvalue weighted by molar-refractivity contribution is 0.324. The van der Waals surface area contributed by atoms with Gasteiger partial charge in [-0.2, -0.15) is 0 Å². The molecule has 0 bridgehead atoms. The number of benzene rings is 3. The fourth-order valence-electron chi connectivity index (χ4n) is 3.58. The van der Waals surface area contributed by atoms with E-state index in [1.165, 1.54) is 0 Å². The summed E-state index contributed by atoms with van der Waals surface area (Å²) in [6, 6.07) is 20.0. The fraction of sp³-hybridized carbons (Fsp3) is 0.208. The molecule has 3 aromatic carbocycles. The molecule has 0 N–H and O–H groups in total. The number of hydrogen-bond acceptors (Lipinski definition) is 5. The molecule has 154 valence electrons. The first-order valence-corrected chi connectivity index (χ1v) is 9.57. The Balaban J connectivity index is 1.88. The van der Waals surface area contributed by atoms with Crippen molar-refractivity contribution in [3.63, 3.8) is 0 Å². The van der Waals surface area contributed by atoms with Crippen molar-refractivity contribution in [1.82, 2.24) is 9.55 Å². The van der Waals surface area contributed by atoms with Crippen LogP contribution in [0.15, 0.2) is 60.7 Å². The second-order valence-corrected chi connectivity index (χ2v) is 6.77. The summed E-state index contributed by atoms with van der Waals surface area (Å²) < 4.78 is 24.0. The van der Waals surface area contributed by atoms with Gasteiger partial charge < -0.3 is 23.5 Å². The Hall–Kier alpha value is -3.67. The first-order chi connectivity index (χ1) is 14.7. The third kappa shape index (κ3) is 3.52. The highest BCUT2D eigenvalue weighted by molar-refractivity contribution is 5.81. The lowest BCUT2D eigenvalue weighted by atomic mass is 10.1. The Labute approximate surface area is 175 Å². The van der Waals surface area contributed by atoms with Gasteiger partial charge in [0.25, 0.3) is 0 Å². The standard InChI is InChI=1S/C24H24N2O4/c1-27-18-11-9-16(10-12-18)15-26-20-8-6-5-7-19(20)25-24(26)17-13-21(28-2)23(30-4)22(14-17)29-3/h5-14H,15H2,1-4H3. The molecule has 4 aromatic rings. The quantitative estimate of drug-likeness (QED) is 0.443. The predicted octanol–water partition coefficient (Wildman–Crippen LogP) is 4.79. The molecule has 0 amide bonds. The minimum atomic E-state index is 0.557. The summed E-state index contributed by atoms with van der Waals surface area (Å²) in [4.78, 5) is 4.91. The van der Waals surface area contributed by atoms with E-state index in [9.17, 15) is 0 Å². The van der Waals surface area contributed by atoms with E-state index in [1.54, 1.807) is 28.4 Å². The molecule has 0 unspecified atom stereocenters. The van der Waals surface area contributed by atoms with Crippen molar-refractivity contribution in [2.45, 2.75) is 6.54 Å².